The highest BCUT2D eigenvalue weighted by atomic mass is 16.5. The first-order chi connectivity index (χ1) is 11.7. The Balaban J connectivity index is 2.16. The molecule has 1 aliphatic heterocycles. The summed E-state index contributed by atoms with van der Waals surface area (Å²) in [5.41, 5.74) is 0.981. The maximum atomic E-state index is 9.71. The molecule has 0 saturated carbocycles. The van der Waals surface area contributed by atoms with E-state index in [9.17, 15) is 5.26 Å². The first-order valence-corrected chi connectivity index (χ1v) is 8.99. The molecular formula is C19H29N3O2. The van der Waals surface area contributed by atoms with Crippen molar-refractivity contribution in [3.8, 4) is 17.6 Å². The molecule has 1 saturated heterocycles. The second-order valence-electron chi connectivity index (χ2n) is 5.99. The van der Waals surface area contributed by atoms with Gasteiger partial charge in [0.05, 0.1) is 19.3 Å². The minimum Gasteiger partial charge on any atom is -0.490 e. The summed E-state index contributed by atoms with van der Waals surface area (Å²) in [6.07, 6.45) is 0.954. The van der Waals surface area contributed by atoms with Crippen LogP contribution in [0.1, 0.15) is 38.8 Å². The van der Waals surface area contributed by atoms with Crippen LogP contribution in [0.2, 0.25) is 0 Å². The number of ether oxygens (including phenoxy) is 2. The molecule has 1 heterocycles. The summed E-state index contributed by atoms with van der Waals surface area (Å²) in [7, 11) is 0. The van der Waals surface area contributed by atoms with Crippen LogP contribution in [0.4, 0.5) is 0 Å². The van der Waals surface area contributed by atoms with Crippen LogP contribution < -0.4 is 9.47 Å². The molecule has 0 spiro atoms. The molecule has 1 aromatic carbocycles. The number of likely N-dealkylation sites (N-methyl/N-ethyl adjacent to an activating group) is 1. The third-order valence-corrected chi connectivity index (χ3v) is 4.39. The number of benzene rings is 1. The van der Waals surface area contributed by atoms with Crippen LogP contribution in [0.15, 0.2) is 18.2 Å². The Morgan fingerprint density at radius 3 is 2.42 bits per heavy atom. The molecule has 2 rings (SSSR count). The molecule has 0 amide bonds. The van der Waals surface area contributed by atoms with E-state index in [1.165, 1.54) is 0 Å². The first-order valence-electron chi connectivity index (χ1n) is 8.99. The molecule has 5 nitrogen and oxygen atoms in total. The lowest BCUT2D eigenvalue weighted by molar-refractivity contribution is 0.118. The summed E-state index contributed by atoms with van der Waals surface area (Å²) in [6.45, 7) is 12.4. The molecule has 1 fully saturated rings. The number of nitrogens with zero attached hydrogens (tertiary/aromatic N) is 3. The van der Waals surface area contributed by atoms with Crippen molar-refractivity contribution in [3.63, 3.8) is 0 Å². The zero-order valence-electron chi connectivity index (χ0n) is 15.1. The van der Waals surface area contributed by atoms with Gasteiger partial charge in [-0.15, -0.1) is 0 Å². The van der Waals surface area contributed by atoms with Crippen LogP contribution in [0.3, 0.4) is 0 Å². The summed E-state index contributed by atoms with van der Waals surface area (Å²) in [6, 6.07) is 8.12. The molecule has 1 aromatic rings. The van der Waals surface area contributed by atoms with Crippen molar-refractivity contribution in [2.45, 2.75) is 33.2 Å². The highest BCUT2D eigenvalue weighted by Gasteiger charge is 2.25. The molecule has 1 aliphatic rings. The third-order valence-electron chi connectivity index (χ3n) is 4.39. The van der Waals surface area contributed by atoms with Crippen molar-refractivity contribution < 1.29 is 9.47 Å². The summed E-state index contributed by atoms with van der Waals surface area (Å²) in [5, 5.41) is 9.71. The van der Waals surface area contributed by atoms with E-state index in [4.69, 9.17) is 9.47 Å². The standard InChI is InChI=1S/C19H29N3O2/c1-4-13-24-18-8-7-16(14-19(18)23-6-3)17(15-20)22-11-9-21(5-2)10-12-22/h7-8,14,17H,4-6,9-13H2,1-3H3. The molecule has 0 aromatic heterocycles. The molecular weight excluding hydrogens is 302 g/mol. The summed E-state index contributed by atoms with van der Waals surface area (Å²) < 4.78 is 11.5. The van der Waals surface area contributed by atoms with Gasteiger partial charge in [-0.05, 0) is 37.6 Å². The topological polar surface area (TPSA) is 48.7 Å². The van der Waals surface area contributed by atoms with Crippen molar-refractivity contribution >= 4 is 0 Å². The first kappa shape index (κ1) is 18.6. The summed E-state index contributed by atoms with van der Waals surface area (Å²) in [4.78, 5) is 4.67. The van der Waals surface area contributed by atoms with Crippen molar-refractivity contribution in [3.05, 3.63) is 23.8 Å². The Morgan fingerprint density at radius 2 is 1.83 bits per heavy atom. The van der Waals surface area contributed by atoms with E-state index >= 15 is 0 Å². The Hall–Kier alpha value is -1.77. The maximum absolute atomic E-state index is 9.71. The second-order valence-corrected chi connectivity index (χ2v) is 5.99. The minimum atomic E-state index is -0.233. The molecule has 0 bridgehead atoms. The summed E-state index contributed by atoms with van der Waals surface area (Å²) >= 11 is 0. The number of hydrogen-bond donors (Lipinski definition) is 0. The van der Waals surface area contributed by atoms with Gasteiger partial charge in [-0.25, -0.2) is 0 Å². The predicted octanol–water partition coefficient (Wildman–Crippen LogP) is 3.08. The van der Waals surface area contributed by atoms with E-state index in [1.54, 1.807) is 0 Å². The van der Waals surface area contributed by atoms with Crippen molar-refractivity contribution in [1.82, 2.24) is 9.80 Å². The number of nitriles is 1. The lowest BCUT2D eigenvalue weighted by atomic mass is 10.0. The quantitative estimate of drug-likeness (QED) is 0.733. The molecule has 24 heavy (non-hydrogen) atoms. The molecule has 1 atom stereocenters. The monoisotopic (exact) mass is 331 g/mol. The second kappa shape index (κ2) is 9.51. The van der Waals surface area contributed by atoms with Gasteiger partial charge in [0.15, 0.2) is 11.5 Å². The Kier molecular flexibility index (Phi) is 7.36. The van der Waals surface area contributed by atoms with Gasteiger partial charge in [0.25, 0.3) is 0 Å². The van der Waals surface area contributed by atoms with E-state index in [0.717, 1.165) is 56.2 Å². The zero-order chi connectivity index (χ0) is 17.4. The molecule has 1 unspecified atom stereocenters. The van der Waals surface area contributed by atoms with Gasteiger partial charge in [0, 0.05) is 26.2 Å². The van der Waals surface area contributed by atoms with Crippen LogP contribution in [0.5, 0.6) is 11.5 Å². The molecule has 0 aliphatic carbocycles. The van der Waals surface area contributed by atoms with Gasteiger partial charge < -0.3 is 14.4 Å². The van der Waals surface area contributed by atoms with E-state index in [2.05, 4.69) is 29.7 Å². The van der Waals surface area contributed by atoms with E-state index in [1.807, 2.05) is 25.1 Å². The average Bonchev–Trinajstić information content (AvgIpc) is 2.62. The van der Waals surface area contributed by atoms with Gasteiger partial charge in [0.2, 0.25) is 0 Å². The van der Waals surface area contributed by atoms with E-state index < -0.39 is 0 Å². The van der Waals surface area contributed by atoms with Crippen LogP contribution in [0.25, 0.3) is 0 Å². The zero-order valence-corrected chi connectivity index (χ0v) is 15.1. The fraction of sp³-hybridized carbons (Fsp3) is 0.632. The molecule has 0 radical (unpaired) electrons. The maximum Gasteiger partial charge on any atom is 0.161 e. The third kappa shape index (κ3) is 4.62. The predicted molar refractivity (Wildman–Crippen MR) is 95.4 cm³/mol. The number of piperazine rings is 1. The lowest BCUT2D eigenvalue weighted by Crippen LogP contribution is -2.47. The van der Waals surface area contributed by atoms with Crippen LogP contribution >= 0.6 is 0 Å². The van der Waals surface area contributed by atoms with Crippen molar-refractivity contribution in [2.24, 2.45) is 0 Å². The fourth-order valence-electron chi connectivity index (χ4n) is 3.00. The van der Waals surface area contributed by atoms with Crippen LogP contribution in [-0.2, 0) is 0 Å². The fourth-order valence-corrected chi connectivity index (χ4v) is 3.00. The normalized spacial score (nSPS) is 17.2. The largest absolute Gasteiger partial charge is 0.490 e. The van der Waals surface area contributed by atoms with Crippen molar-refractivity contribution in [2.75, 3.05) is 45.9 Å². The molecule has 5 heteroatoms. The van der Waals surface area contributed by atoms with Gasteiger partial charge >= 0.3 is 0 Å². The summed E-state index contributed by atoms with van der Waals surface area (Å²) in [5.74, 6) is 1.49. The van der Waals surface area contributed by atoms with Gasteiger partial charge in [-0.1, -0.05) is 19.9 Å². The Labute approximate surface area is 145 Å². The number of hydrogen-bond acceptors (Lipinski definition) is 5. The van der Waals surface area contributed by atoms with Crippen LogP contribution in [0, 0.1) is 11.3 Å². The molecule has 132 valence electrons. The highest BCUT2D eigenvalue weighted by Crippen LogP contribution is 2.32. The van der Waals surface area contributed by atoms with Gasteiger partial charge in [0.1, 0.15) is 6.04 Å². The van der Waals surface area contributed by atoms with E-state index in [-0.39, 0.29) is 6.04 Å². The molecule has 0 N–H and O–H groups in total. The smallest absolute Gasteiger partial charge is 0.161 e. The minimum absolute atomic E-state index is 0.233. The lowest BCUT2D eigenvalue weighted by Gasteiger charge is -2.36. The Bertz CT molecular complexity index is 548. The van der Waals surface area contributed by atoms with E-state index in [0.29, 0.717) is 13.2 Å². The Morgan fingerprint density at radius 1 is 1.08 bits per heavy atom. The van der Waals surface area contributed by atoms with Gasteiger partial charge in [-0.3, -0.25) is 4.90 Å². The van der Waals surface area contributed by atoms with Crippen LogP contribution in [-0.4, -0.2) is 55.7 Å². The SMILES string of the molecule is CCCOc1ccc(C(C#N)N2CCN(CC)CC2)cc1OCC. The average molecular weight is 331 g/mol. The van der Waals surface area contributed by atoms with Crippen molar-refractivity contribution in [1.29, 1.82) is 5.26 Å². The number of rotatable bonds is 8. The highest BCUT2D eigenvalue weighted by molar-refractivity contribution is 5.45. The van der Waals surface area contributed by atoms with Gasteiger partial charge in [-0.2, -0.15) is 5.26 Å².